The summed E-state index contributed by atoms with van der Waals surface area (Å²) in [5.41, 5.74) is 3.90. The number of hydrogen-bond acceptors (Lipinski definition) is 5. The lowest BCUT2D eigenvalue weighted by atomic mass is 10.0. The van der Waals surface area contributed by atoms with Crippen LogP contribution in [-0.2, 0) is 27.4 Å². The van der Waals surface area contributed by atoms with Crippen LogP contribution in [0, 0.1) is 6.92 Å². The molecule has 30 heavy (non-hydrogen) atoms. The summed E-state index contributed by atoms with van der Waals surface area (Å²) in [5.74, 6) is 0.00886. The van der Waals surface area contributed by atoms with Crippen LogP contribution in [0.15, 0.2) is 65.2 Å². The first kappa shape index (κ1) is 19.9. The third kappa shape index (κ3) is 4.59. The number of nitrogens with zero attached hydrogens (tertiary/aromatic N) is 2. The molecule has 6 heteroatoms. The molecular formula is C24H24N2O4. The smallest absolute Gasteiger partial charge is 0.329 e. The van der Waals surface area contributed by atoms with Crippen molar-refractivity contribution in [1.29, 1.82) is 0 Å². The Balaban J connectivity index is 1.33. The number of aryl methyl sites for hydroxylation is 1. The Kier molecular flexibility index (Phi) is 5.93. The van der Waals surface area contributed by atoms with E-state index >= 15 is 0 Å². The van der Waals surface area contributed by atoms with Gasteiger partial charge in [-0.15, -0.1) is 0 Å². The van der Waals surface area contributed by atoms with Crippen molar-refractivity contribution in [2.24, 2.45) is 0 Å². The van der Waals surface area contributed by atoms with Gasteiger partial charge in [0.2, 0.25) is 5.91 Å². The van der Waals surface area contributed by atoms with Crippen molar-refractivity contribution >= 4 is 11.9 Å². The number of carbonyl (C=O) groups is 2. The highest BCUT2D eigenvalue weighted by atomic mass is 16.5. The summed E-state index contributed by atoms with van der Waals surface area (Å²) in [7, 11) is 0. The second-order valence-electron chi connectivity index (χ2n) is 7.53. The van der Waals surface area contributed by atoms with Crippen molar-refractivity contribution in [2.45, 2.75) is 38.8 Å². The molecule has 1 saturated heterocycles. The molecule has 3 aromatic rings. The molecule has 0 N–H and O–H groups in total. The second-order valence-corrected chi connectivity index (χ2v) is 7.53. The van der Waals surface area contributed by atoms with Crippen molar-refractivity contribution in [3.8, 4) is 11.1 Å². The van der Waals surface area contributed by atoms with E-state index in [-0.39, 0.29) is 24.9 Å². The molecule has 1 unspecified atom stereocenters. The average Bonchev–Trinajstić information content (AvgIpc) is 3.42. The van der Waals surface area contributed by atoms with Gasteiger partial charge in [-0.1, -0.05) is 59.8 Å². The number of hydrogen-bond donors (Lipinski definition) is 0. The van der Waals surface area contributed by atoms with Crippen molar-refractivity contribution in [3.05, 3.63) is 77.7 Å². The monoisotopic (exact) mass is 404 g/mol. The summed E-state index contributed by atoms with van der Waals surface area (Å²) in [5, 5.41) is 3.80. The van der Waals surface area contributed by atoms with E-state index in [1.54, 1.807) is 17.9 Å². The standard InChI is InChI=1S/C24H24N2O4/c1-17-14-21(30-25-17)15-23(27)26-13-5-8-22(26)24(28)29-16-18-9-11-20(12-10-18)19-6-3-2-4-7-19/h2-4,6-7,9-12,14,22H,5,8,13,15-16H2,1H3. The van der Waals surface area contributed by atoms with Crippen molar-refractivity contribution in [1.82, 2.24) is 10.1 Å². The van der Waals surface area contributed by atoms with E-state index in [9.17, 15) is 9.59 Å². The molecular weight excluding hydrogens is 380 g/mol. The SMILES string of the molecule is Cc1cc(CC(=O)N2CCCC2C(=O)OCc2ccc(-c3ccccc3)cc2)on1. The van der Waals surface area contributed by atoms with E-state index in [0.29, 0.717) is 18.7 Å². The molecule has 6 nitrogen and oxygen atoms in total. The highest BCUT2D eigenvalue weighted by Crippen LogP contribution is 2.22. The Morgan fingerprint density at radius 3 is 2.53 bits per heavy atom. The van der Waals surface area contributed by atoms with E-state index in [1.807, 2.05) is 42.5 Å². The van der Waals surface area contributed by atoms with Crippen LogP contribution in [0.4, 0.5) is 0 Å². The minimum absolute atomic E-state index is 0.103. The van der Waals surface area contributed by atoms with Crippen LogP contribution in [0.5, 0.6) is 0 Å². The maximum absolute atomic E-state index is 12.6. The van der Waals surface area contributed by atoms with Crippen LogP contribution < -0.4 is 0 Å². The maximum atomic E-state index is 12.6. The van der Waals surface area contributed by atoms with Gasteiger partial charge in [0.15, 0.2) is 0 Å². The average molecular weight is 404 g/mol. The van der Waals surface area contributed by atoms with E-state index < -0.39 is 6.04 Å². The molecule has 1 aliphatic rings. The van der Waals surface area contributed by atoms with E-state index in [1.165, 1.54) is 0 Å². The molecule has 0 spiro atoms. The van der Waals surface area contributed by atoms with Crippen molar-refractivity contribution in [2.75, 3.05) is 6.54 Å². The fourth-order valence-electron chi connectivity index (χ4n) is 3.74. The fraction of sp³-hybridized carbons (Fsp3) is 0.292. The minimum Gasteiger partial charge on any atom is -0.459 e. The van der Waals surface area contributed by atoms with Crippen LogP contribution in [-0.4, -0.2) is 34.5 Å². The predicted molar refractivity (Wildman–Crippen MR) is 111 cm³/mol. The summed E-state index contributed by atoms with van der Waals surface area (Å²) in [6.45, 7) is 2.55. The number of aromatic nitrogens is 1. The molecule has 154 valence electrons. The minimum atomic E-state index is -0.537. The number of esters is 1. The third-order valence-electron chi connectivity index (χ3n) is 5.29. The van der Waals surface area contributed by atoms with Gasteiger partial charge >= 0.3 is 5.97 Å². The van der Waals surface area contributed by atoms with Crippen LogP contribution in [0.1, 0.15) is 29.9 Å². The van der Waals surface area contributed by atoms with Gasteiger partial charge in [-0.2, -0.15) is 0 Å². The lowest BCUT2D eigenvalue weighted by molar-refractivity contribution is -0.154. The quantitative estimate of drug-likeness (QED) is 0.582. The molecule has 0 radical (unpaired) electrons. The van der Waals surface area contributed by atoms with Crippen molar-refractivity contribution in [3.63, 3.8) is 0 Å². The lowest BCUT2D eigenvalue weighted by Crippen LogP contribution is -2.42. The Morgan fingerprint density at radius 1 is 1.10 bits per heavy atom. The molecule has 1 atom stereocenters. The number of rotatable bonds is 6. The van der Waals surface area contributed by atoms with Crippen LogP contribution in [0.25, 0.3) is 11.1 Å². The van der Waals surface area contributed by atoms with Gasteiger partial charge in [-0.3, -0.25) is 4.79 Å². The maximum Gasteiger partial charge on any atom is 0.329 e. The molecule has 2 heterocycles. The Bertz CT molecular complexity index is 1010. The zero-order chi connectivity index (χ0) is 20.9. The molecule has 2 aromatic carbocycles. The van der Waals surface area contributed by atoms with Crippen molar-refractivity contribution < 1.29 is 18.8 Å². The molecule has 4 rings (SSSR count). The molecule has 0 saturated carbocycles. The molecule has 1 aliphatic heterocycles. The molecule has 1 fully saturated rings. The lowest BCUT2D eigenvalue weighted by Gasteiger charge is -2.23. The normalized spacial score (nSPS) is 15.9. The summed E-state index contributed by atoms with van der Waals surface area (Å²) in [6.07, 6.45) is 1.51. The number of ether oxygens (including phenoxy) is 1. The van der Waals surface area contributed by atoms with Crippen LogP contribution in [0.3, 0.4) is 0 Å². The third-order valence-corrected chi connectivity index (χ3v) is 5.29. The first-order valence-electron chi connectivity index (χ1n) is 10.1. The summed E-state index contributed by atoms with van der Waals surface area (Å²) < 4.78 is 10.6. The van der Waals surface area contributed by atoms with Gasteiger partial charge in [-0.25, -0.2) is 4.79 Å². The van der Waals surface area contributed by atoms with E-state index in [2.05, 4.69) is 17.3 Å². The number of carbonyl (C=O) groups excluding carboxylic acids is 2. The molecule has 1 amide bonds. The van der Waals surface area contributed by atoms with E-state index in [4.69, 9.17) is 9.26 Å². The fourth-order valence-corrected chi connectivity index (χ4v) is 3.74. The Morgan fingerprint density at radius 2 is 1.83 bits per heavy atom. The molecule has 0 bridgehead atoms. The predicted octanol–water partition coefficient (Wildman–Crippen LogP) is 3.93. The topological polar surface area (TPSA) is 72.6 Å². The van der Waals surface area contributed by atoms with Gasteiger partial charge in [0.05, 0.1) is 12.1 Å². The summed E-state index contributed by atoms with van der Waals surface area (Å²) >= 11 is 0. The highest BCUT2D eigenvalue weighted by Gasteiger charge is 2.35. The molecule has 1 aromatic heterocycles. The zero-order valence-corrected chi connectivity index (χ0v) is 16.9. The van der Waals surface area contributed by atoms with Crippen LogP contribution in [0.2, 0.25) is 0 Å². The first-order valence-corrected chi connectivity index (χ1v) is 10.1. The zero-order valence-electron chi connectivity index (χ0n) is 16.9. The van der Waals surface area contributed by atoms with E-state index in [0.717, 1.165) is 28.8 Å². The van der Waals surface area contributed by atoms with Gasteiger partial charge in [-0.05, 0) is 36.5 Å². The van der Waals surface area contributed by atoms with Crippen LogP contribution >= 0.6 is 0 Å². The second kappa shape index (κ2) is 8.95. The van der Waals surface area contributed by atoms with Gasteiger partial charge in [0.25, 0.3) is 0 Å². The summed E-state index contributed by atoms with van der Waals surface area (Å²) in [6, 6.07) is 19.3. The van der Waals surface area contributed by atoms with Gasteiger partial charge < -0.3 is 14.2 Å². The number of likely N-dealkylation sites (tertiary alicyclic amines) is 1. The largest absolute Gasteiger partial charge is 0.459 e. The first-order chi connectivity index (χ1) is 14.6. The van der Waals surface area contributed by atoms with Gasteiger partial charge in [0, 0.05) is 12.6 Å². The number of amides is 1. The number of benzene rings is 2. The summed E-state index contributed by atoms with van der Waals surface area (Å²) in [4.78, 5) is 26.8. The molecule has 0 aliphatic carbocycles. The highest BCUT2D eigenvalue weighted by molar-refractivity contribution is 5.86. The Hall–Kier alpha value is -3.41. The Labute approximate surface area is 175 Å². The van der Waals surface area contributed by atoms with Gasteiger partial charge in [0.1, 0.15) is 18.4 Å².